The number of carbonyl (C=O) groups excluding carboxylic acids is 1. The molecule has 4 fully saturated rings. The van der Waals surface area contributed by atoms with Gasteiger partial charge in [0, 0.05) is 31.1 Å². The van der Waals surface area contributed by atoms with Gasteiger partial charge in [0.25, 0.3) is 0 Å². The number of amides is 2. The Balaban J connectivity index is 1.41. The lowest BCUT2D eigenvalue weighted by molar-refractivity contribution is 0.0239. The van der Waals surface area contributed by atoms with Gasteiger partial charge < -0.3 is 10.6 Å². The van der Waals surface area contributed by atoms with E-state index in [-0.39, 0.29) is 6.03 Å². The van der Waals surface area contributed by atoms with Crippen LogP contribution in [0.1, 0.15) is 44.9 Å². The van der Waals surface area contributed by atoms with Crippen molar-refractivity contribution in [3.05, 3.63) is 0 Å². The lowest BCUT2D eigenvalue weighted by Gasteiger charge is -2.48. The lowest BCUT2D eigenvalue weighted by atomic mass is 9.76. The molecule has 2 N–H and O–H groups in total. The number of urea groups is 1. The number of hydrogen-bond acceptors (Lipinski definition) is 2. The van der Waals surface area contributed by atoms with E-state index in [4.69, 9.17) is 6.42 Å². The summed E-state index contributed by atoms with van der Waals surface area (Å²) < 4.78 is 0. The highest BCUT2D eigenvalue weighted by atomic mass is 16.2. The second kappa shape index (κ2) is 6.70. The highest BCUT2D eigenvalue weighted by Crippen LogP contribution is 2.35. The number of nitrogens with one attached hydrogen (secondary N) is 2. The fraction of sp³-hybridized carbons (Fsp3) is 0.824. The first kappa shape index (κ1) is 14.7. The molecule has 3 aliphatic heterocycles. The molecule has 4 atom stereocenters. The molecule has 4 rings (SSSR count). The quantitative estimate of drug-likeness (QED) is 0.780. The molecular formula is C17H27N3O. The highest BCUT2D eigenvalue weighted by molar-refractivity contribution is 5.74. The summed E-state index contributed by atoms with van der Waals surface area (Å²) in [6, 6.07) is 0.871. The number of terminal acetylenes is 1. The predicted molar refractivity (Wildman–Crippen MR) is 83.8 cm³/mol. The van der Waals surface area contributed by atoms with E-state index in [9.17, 15) is 4.79 Å². The minimum Gasteiger partial charge on any atom is -0.337 e. The first-order valence-electron chi connectivity index (χ1n) is 8.51. The average molecular weight is 289 g/mol. The van der Waals surface area contributed by atoms with E-state index in [0.29, 0.717) is 23.9 Å². The number of carbonyl (C=O) groups is 1. The summed E-state index contributed by atoms with van der Waals surface area (Å²) in [6.45, 7) is 2.91. The van der Waals surface area contributed by atoms with Gasteiger partial charge in [-0.1, -0.05) is 19.3 Å². The van der Waals surface area contributed by atoms with Gasteiger partial charge in [-0.3, -0.25) is 4.90 Å². The average Bonchev–Trinajstić information content (AvgIpc) is 2.54. The minimum atomic E-state index is 0.0121. The maximum atomic E-state index is 12.0. The zero-order valence-corrected chi connectivity index (χ0v) is 12.8. The fourth-order valence-electron chi connectivity index (χ4n) is 4.23. The molecule has 4 aliphatic rings. The Bertz CT molecular complexity index is 411. The van der Waals surface area contributed by atoms with Crippen LogP contribution in [0, 0.1) is 24.2 Å². The fourth-order valence-corrected chi connectivity index (χ4v) is 4.23. The van der Waals surface area contributed by atoms with Gasteiger partial charge >= 0.3 is 6.03 Å². The van der Waals surface area contributed by atoms with Crippen molar-refractivity contribution >= 4 is 6.03 Å². The minimum absolute atomic E-state index is 0.0121. The predicted octanol–water partition coefficient (Wildman–Crippen LogP) is 1.96. The van der Waals surface area contributed by atoms with Crippen molar-refractivity contribution in [2.24, 2.45) is 11.8 Å². The molecule has 0 spiro atoms. The second-order valence-electron chi connectivity index (χ2n) is 6.90. The van der Waals surface area contributed by atoms with Crippen molar-refractivity contribution in [2.75, 3.05) is 19.6 Å². The molecule has 2 bridgehead atoms. The SMILES string of the molecule is C#CC1CN2CCC1CC2CNC(=O)NC1CCCCC1. The number of hydrogen-bond donors (Lipinski definition) is 2. The first-order valence-corrected chi connectivity index (χ1v) is 8.51. The molecule has 4 heteroatoms. The van der Waals surface area contributed by atoms with Crippen LogP contribution in [0.5, 0.6) is 0 Å². The largest absolute Gasteiger partial charge is 0.337 e. The van der Waals surface area contributed by atoms with E-state index in [1.807, 2.05) is 0 Å². The van der Waals surface area contributed by atoms with Crippen LogP contribution in [0.25, 0.3) is 0 Å². The van der Waals surface area contributed by atoms with Gasteiger partial charge in [-0.25, -0.2) is 4.79 Å². The zero-order chi connectivity index (χ0) is 14.7. The highest BCUT2D eigenvalue weighted by Gasteiger charge is 2.39. The molecule has 2 amide bonds. The van der Waals surface area contributed by atoms with E-state index in [1.54, 1.807) is 0 Å². The molecule has 3 heterocycles. The third kappa shape index (κ3) is 3.52. The van der Waals surface area contributed by atoms with E-state index in [1.165, 1.54) is 25.7 Å². The van der Waals surface area contributed by atoms with Gasteiger partial charge in [0.2, 0.25) is 0 Å². The van der Waals surface area contributed by atoms with Crippen LogP contribution < -0.4 is 10.6 Å². The molecule has 0 radical (unpaired) electrons. The Hall–Kier alpha value is -1.21. The van der Waals surface area contributed by atoms with E-state index in [0.717, 1.165) is 38.9 Å². The first-order chi connectivity index (χ1) is 10.3. The normalized spacial score (nSPS) is 36.0. The summed E-state index contributed by atoms with van der Waals surface area (Å²) in [7, 11) is 0. The maximum Gasteiger partial charge on any atom is 0.315 e. The van der Waals surface area contributed by atoms with Gasteiger partial charge in [-0.15, -0.1) is 12.3 Å². The Morgan fingerprint density at radius 1 is 1.24 bits per heavy atom. The van der Waals surface area contributed by atoms with E-state index in [2.05, 4.69) is 21.5 Å². The standard InChI is InChI=1S/C17H27N3O/c1-2-13-12-20-9-8-14(13)10-16(20)11-18-17(21)19-15-6-4-3-5-7-15/h1,13-16H,3-12H2,(H2,18,19,21). The van der Waals surface area contributed by atoms with E-state index >= 15 is 0 Å². The Labute approximate surface area is 128 Å². The molecule has 1 saturated carbocycles. The Morgan fingerprint density at radius 3 is 2.71 bits per heavy atom. The Kier molecular flexibility index (Phi) is 4.70. The Morgan fingerprint density at radius 2 is 2.05 bits per heavy atom. The smallest absolute Gasteiger partial charge is 0.315 e. The van der Waals surface area contributed by atoms with Gasteiger partial charge in [0.15, 0.2) is 0 Å². The van der Waals surface area contributed by atoms with Crippen LogP contribution in [0.2, 0.25) is 0 Å². The molecule has 3 saturated heterocycles. The summed E-state index contributed by atoms with van der Waals surface area (Å²) in [6.07, 6.45) is 14.0. The van der Waals surface area contributed by atoms with Crippen molar-refractivity contribution in [1.29, 1.82) is 0 Å². The van der Waals surface area contributed by atoms with Crippen molar-refractivity contribution in [3.63, 3.8) is 0 Å². The van der Waals surface area contributed by atoms with Crippen molar-refractivity contribution in [1.82, 2.24) is 15.5 Å². The van der Waals surface area contributed by atoms with Gasteiger partial charge in [-0.2, -0.15) is 0 Å². The monoisotopic (exact) mass is 289 g/mol. The van der Waals surface area contributed by atoms with Gasteiger partial charge in [0.1, 0.15) is 0 Å². The van der Waals surface area contributed by atoms with Crippen molar-refractivity contribution in [3.8, 4) is 12.3 Å². The zero-order valence-electron chi connectivity index (χ0n) is 12.8. The van der Waals surface area contributed by atoms with Crippen LogP contribution in [-0.4, -0.2) is 42.6 Å². The summed E-state index contributed by atoms with van der Waals surface area (Å²) in [5.74, 6) is 4.02. The molecule has 1 aliphatic carbocycles. The summed E-state index contributed by atoms with van der Waals surface area (Å²) in [5, 5.41) is 6.20. The third-order valence-corrected chi connectivity index (χ3v) is 5.53. The topological polar surface area (TPSA) is 44.4 Å². The third-order valence-electron chi connectivity index (χ3n) is 5.53. The summed E-state index contributed by atoms with van der Waals surface area (Å²) >= 11 is 0. The molecule has 21 heavy (non-hydrogen) atoms. The molecular weight excluding hydrogens is 262 g/mol. The summed E-state index contributed by atoms with van der Waals surface area (Å²) in [5.41, 5.74) is 0. The molecule has 0 aromatic carbocycles. The van der Waals surface area contributed by atoms with Crippen LogP contribution in [-0.2, 0) is 0 Å². The lowest BCUT2D eigenvalue weighted by Crippen LogP contribution is -2.57. The van der Waals surface area contributed by atoms with Crippen molar-refractivity contribution in [2.45, 2.75) is 57.0 Å². The number of nitrogens with zero attached hydrogens (tertiary/aromatic N) is 1. The van der Waals surface area contributed by atoms with Crippen LogP contribution in [0.15, 0.2) is 0 Å². The molecule has 4 unspecified atom stereocenters. The maximum absolute atomic E-state index is 12.0. The van der Waals surface area contributed by atoms with Crippen LogP contribution >= 0.6 is 0 Å². The van der Waals surface area contributed by atoms with Crippen LogP contribution in [0.4, 0.5) is 4.79 Å². The van der Waals surface area contributed by atoms with Gasteiger partial charge in [0.05, 0.1) is 0 Å². The van der Waals surface area contributed by atoms with Crippen molar-refractivity contribution < 1.29 is 4.79 Å². The molecule has 0 aromatic rings. The van der Waals surface area contributed by atoms with Crippen LogP contribution in [0.3, 0.4) is 0 Å². The summed E-state index contributed by atoms with van der Waals surface area (Å²) in [4.78, 5) is 14.5. The molecule has 116 valence electrons. The number of fused-ring (bicyclic) bond motifs is 3. The molecule has 4 nitrogen and oxygen atoms in total. The van der Waals surface area contributed by atoms with E-state index < -0.39 is 0 Å². The number of rotatable bonds is 3. The second-order valence-corrected chi connectivity index (χ2v) is 6.90. The van der Waals surface area contributed by atoms with Gasteiger partial charge in [-0.05, 0) is 38.1 Å². The molecule has 0 aromatic heterocycles. The number of piperidine rings is 3.